The molecule has 0 saturated heterocycles. The van der Waals surface area contributed by atoms with Crippen molar-refractivity contribution in [1.82, 2.24) is 3.97 Å². The first-order valence-corrected chi connectivity index (χ1v) is 9.36. The summed E-state index contributed by atoms with van der Waals surface area (Å²) in [5.74, 6) is 0.792. The first-order chi connectivity index (χ1) is 11.0. The zero-order chi connectivity index (χ0) is 16.2. The van der Waals surface area contributed by atoms with Gasteiger partial charge in [-0.3, -0.25) is 0 Å². The van der Waals surface area contributed by atoms with Gasteiger partial charge in [-0.1, -0.05) is 30.3 Å². The summed E-state index contributed by atoms with van der Waals surface area (Å²) < 4.78 is 31.8. The summed E-state index contributed by atoms with van der Waals surface area (Å²) in [7, 11) is -1.72. The number of aryl methyl sites for hydroxylation is 1. The normalized spacial score (nSPS) is 13.7. The molecule has 0 N–H and O–H groups in total. The highest BCUT2D eigenvalue weighted by Crippen LogP contribution is 2.45. The molecule has 0 unspecified atom stereocenters. The Morgan fingerprint density at radius 1 is 1.00 bits per heavy atom. The molecule has 1 heterocycles. The van der Waals surface area contributed by atoms with E-state index in [9.17, 15) is 8.42 Å². The van der Waals surface area contributed by atoms with Crippen LogP contribution in [0.2, 0.25) is 0 Å². The van der Waals surface area contributed by atoms with Crippen LogP contribution in [0.3, 0.4) is 0 Å². The summed E-state index contributed by atoms with van der Waals surface area (Å²) in [6.07, 6.45) is 2.78. The van der Waals surface area contributed by atoms with Crippen molar-refractivity contribution in [3.8, 4) is 16.9 Å². The molecular formula is C18H17NO3S. The Kier molecular flexibility index (Phi) is 3.03. The number of aromatic nitrogens is 1. The Labute approximate surface area is 135 Å². The van der Waals surface area contributed by atoms with E-state index in [0.29, 0.717) is 6.42 Å². The molecule has 0 radical (unpaired) electrons. The fraction of sp³-hybridized carbons (Fsp3) is 0.222. The lowest BCUT2D eigenvalue weighted by atomic mass is 9.87. The lowest BCUT2D eigenvalue weighted by molar-refractivity contribution is 0.415. The third-order valence-corrected chi connectivity index (χ3v) is 5.55. The largest absolute Gasteiger partial charge is 0.496 e. The maximum atomic E-state index is 12.4. The van der Waals surface area contributed by atoms with E-state index in [4.69, 9.17) is 4.74 Å². The van der Waals surface area contributed by atoms with E-state index in [1.165, 1.54) is 15.8 Å². The van der Waals surface area contributed by atoms with Gasteiger partial charge in [-0.2, -0.15) is 0 Å². The Morgan fingerprint density at radius 2 is 1.78 bits per heavy atom. The number of rotatable bonds is 2. The van der Waals surface area contributed by atoms with Gasteiger partial charge in [0.1, 0.15) is 5.75 Å². The minimum absolute atomic E-state index is 0.706. The molecule has 4 rings (SSSR count). The maximum Gasteiger partial charge on any atom is 0.236 e. The second-order valence-corrected chi connectivity index (χ2v) is 7.69. The van der Waals surface area contributed by atoms with Crippen molar-refractivity contribution >= 4 is 20.9 Å². The number of hydrogen-bond donors (Lipinski definition) is 0. The molecule has 5 heteroatoms. The number of fused-ring (bicyclic) bond motifs is 5. The zero-order valence-corrected chi connectivity index (χ0v) is 13.9. The van der Waals surface area contributed by atoms with Gasteiger partial charge < -0.3 is 4.74 Å². The molecule has 1 aromatic heterocycles. The van der Waals surface area contributed by atoms with Gasteiger partial charge in [0.2, 0.25) is 10.0 Å². The lowest BCUT2D eigenvalue weighted by Gasteiger charge is -2.21. The van der Waals surface area contributed by atoms with E-state index < -0.39 is 10.0 Å². The van der Waals surface area contributed by atoms with Crippen molar-refractivity contribution < 1.29 is 13.2 Å². The number of ether oxygens (including phenoxy) is 1. The summed E-state index contributed by atoms with van der Waals surface area (Å²) in [5.41, 5.74) is 4.80. The van der Waals surface area contributed by atoms with Crippen LogP contribution < -0.4 is 4.74 Å². The van der Waals surface area contributed by atoms with Crippen molar-refractivity contribution in [2.75, 3.05) is 13.4 Å². The summed E-state index contributed by atoms with van der Waals surface area (Å²) >= 11 is 0. The fourth-order valence-electron chi connectivity index (χ4n) is 3.64. The first-order valence-electron chi connectivity index (χ1n) is 7.51. The Bertz CT molecular complexity index is 1020. The van der Waals surface area contributed by atoms with Crippen molar-refractivity contribution in [1.29, 1.82) is 0 Å². The maximum absolute atomic E-state index is 12.4. The zero-order valence-electron chi connectivity index (χ0n) is 13.0. The third kappa shape index (κ3) is 2.00. The molecule has 0 saturated carbocycles. The fourth-order valence-corrected chi connectivity index (χ4v) is 4.74. The highest BCUT2D eigenvalue weighted by atomic mass is 32.2. The molecule has 0 amide bonds. The van der Waals surface area contributed by atoms with Crippen LogP contribution in [0.5, 0.6) is 5.75 Å². The monoisotopic (exact) mass is 327 g/mol. The average Bonchev–Trinajstić information content (AvgIpc) is 2.88. The van der Waals surface area contributed by atoms with Crippen molar-refractivity contribution in [3.05, 3.63) is 53.7 Å². The molecule has 0 spiro atoms. The quantitative estimate of drug-likeness (QED) is 0.726. The smallest absolute Gasteiger partial charge is 0.236 e. The molecule has 118 valence electrons. The Morgan fingerprint density at radius 3 is 2.52 bits per heavy atom. The minimum Gasteiger partial charge on any atom is -0.496 e. The van der Waals surface area contributed by atoms with Gasteiger partial charge in [0.15, 0.2) is 0 Å². The molecule has 4 nitrogen and oxygen atoms in total. The molecular weight excluding hydrogens is 310 g/mol. The molecule has 23 heavy (non-hydrogen) atoms. The molecule has 0 atom stereocenters. The predicted octanol–water partition coefficient (Wildman–Crippen LogP) is 3.22. The molecule has 0 bridgehead atoms. The van der Waals surface area contributed by atoms with Gasteiger partial charge in [0.25, 0.3) is 0 Å². The van der Waals surface area contributed by atoms with E-state index in [2.05, 4.69) is 6.07 Å². The summed E-state index contributed by atoms with van der Waals surface area (Å²) in [4.78, 5) is 0. The lowest BCUT2D eigenvalue weighted by Crippen LogP contribution is -2.16. The summed E-state index contributed by atoms with van der Waals surface area (Å²) in [6, 6.07) is 13.7. The first kappa shape index (κ1) is 14.3. The van der Waals surface area contributed by atoms with Crippen molar-refractivity contribution in [2.24, 2.45) is 0 Å². The molecule has 3 aromatic rings. The minimum atomic E-state index is -3.37. The predicted molar refractivity (Wildman–Crippen MR) is 91.6 cm³/mol. The van der Waals surface area contributed by atoms with E-state index >= 15 is 0 Å². The van der Waals surface area contributed by atoms with Crippen LogP contribution in [-0.4, -0.2) is 25.8 Å². The number of methoxy groups -OCH3 is 1. The van der Waals surface area contributed by atoms with Crippen LogP contribution in [-0.2, 0) is 22.9 Å². The highest BCUT2D eigenvalue weighted by molar-refractivity contribution is 7.89. The van der Waals surface area contributed by atoms with Gasteiger partial charge >= 0.3 is 0 Å². The van der Waals surface area contributed by atoms with E-state index in [-0.39, 0.29) is 0 Å². The van der Waals surface area contributed by atoms with Crippen LogP contribution in [0.4, 0.5) is 0 Å². The summed E-state index contributed by atoms with van der Waals surface area (Å²) in [6.45, 7) is 0. The molecule has 0 aliphatic heterocycles. The van der Waals surface area contributed by atoms with Crippen LogP contribution in [0.15, 0.2) is 42.5 Å². The second kappa shape index (κ2) is 4.86. The SMILES string of the molecule is COc1cccc2c1-c1c(n(S(C)(=O)=O)c3ccccc13)CC2. The number of hydrogen-bond acceptors (Lipinski definition) is 3. The van der Waals surface area contributed by atoms with E-state index in [1.54, 1.807) is 7.11 Å². The van der Waals surface area contributed by atoms with Crippen molar-refractivity contribution in [3.63, 3.8) is 0 Å². The molecule has 0 fully saturated rings. The number of benzene rings is 2. The van der Waals surface area contributed by atoms with Crippen LogP contribution in [0.25, 0.3) is 22.0 Å². The molecule has 2 aromatic carbocycles. The van der Waals surface area contributed by atoms with Crippen molar-refractivity contribution in [2.45, 2.75) is 12.8 Å². The number of nitrogens with zero attached hydrogens (tertiary/aromatic N) is 1. The van der Waals surface area contributed by atoms with Crippen LogP contribution in [0.1, 0.15) is 11.3 Å². The van der Waals surface area contributed by atoms with Crippen LogP contribution in [0, 0.1) is 0 Å². The van der Waals surface area contributed by atoms with Gasteiger partial charge in [-0.15, -0.1) is 0 Å². The average molecular weight is 327 g/mol. The summed E-state index contributed by atoms with van der Waals surface area (Å²) in [5, 5.41) is 0.957. The Balaban J connectivity index is 2.22. The third-order valence-electron chi connectivity index (χ3n) is 4.47. The molecule has 1 aliphatic carbocycles. The van der Waals surface area contributed by atoms with Gasteiger partial charge in [0.05, 0.1) is 18.9 Å². The standard InChI is InChI=1S/C18H17NO3S/c1-22-16-9-5-6-12-10-11-15-18(17(12)16)13-7-3-4-8-14(13)19(15)23(2,20)21/h3-9H,10-11H2,1-2H3. The van der Waals surface area contributed by atoms with Crippen LogP contribution >= 0.6 is 0 Å². The highest BCUT2D eigenvalue weighted by Gasteiger charge is 2.29. The second-order valence-electron chi connectivity index (χ2n) is 5.86. The van der Waals surface area contributed by atoms with Gasteiger partial charge in [0, 0.05) is 22.2 Å². The van der Waals surface area contributed by atoms with Gasteiger partial charge in [-0.25, -0.2) is 12.4 Å². The molecule has 1 aliphatic rings. The Hall–Kier alpha value is -2.27. The number of para-hydroxylation sites is 1. The van der Waals surface area contributed by atoms with E-state index in [0.717, 1.165) is 39.9 Å². The topological polar surface area (TPSA) is 48.3 Å². The van der Waals surface area contributed by atoms with Gasteiger partial charge in [-0.05, 0) is 30.5 Å². The van der Waals surface area contributed by atoms with E-state index in [1.807, 2.05) is 36.4 Å².